The quantitative estimate of drug-likeness (QED) is 0.799. The number of nitriles is 1. The van der Waals surface area contributed by atoms with Crippen LogP contribution < -0.4 is 15.2 Å². The summed E-state index contributed by atoms with van der Waals surface area (Å²) in [6.45, 7) is 0.649. The fraction of sp³-hybridized carbons (Fsp3) is 0.240. The van der Waals surface area contributed by atoms with Gasteiger partial charge in [-0.3, -0.25) is 0 Å². The van der Waals surface area contributed by atoms with Gasteiger partial charge in [-0.1, -0.05) is 24.3 Å². The molecule has 2 heterocycles. The average molecular weight is 415 g/mol. The number of hydrogen-bond donors (Lipinski definition) is 1. The highest BCUT2D eigenvalue weighted by molar-refractivity contribution is 5.55. The molecule has 0 saturated heterocycles. The summed E-state index contributed by atoms with van der Waals surface area (Å²) in [7, 11) is 5.31. The predicted octanol–water partition coefficient (Wildman–Crippen LogP) is 3.84. The standard InChI is InChI=1S/C25H25N3O3/c1-28-14-18(12-16-4-8-19(29-2)9-5-16)24-22(15-28)23(21(13-26)25(27)31-24)17-6-10-20(30-3)11-7-17/h4-11,14,23H,12,15,27H2,1-3H3/t23-/m1/s1. The highest BCUT2D eigenvalue weighted by Crippen LogP contribution is 2.43. The lowest BCUT2D eigenvalue weighted by Crippen LogP contribution is -2.31. The average Bonchev–Trinajstić information content (AvgIpc) is 2.79. The van der Waals surface area contributed by atoms with Gasteiger partial charge in [0.15, 0.2) is 0 Å². The van der Waals surface area contributed by atoms with Crippen LogP contribution in [-0.2, 0) is 11.2 Å². The number of hydrogen-bond acceptors (Lipinski definition) is 6. The Morgan fingerprint density at radius 3 is 2.26 bits per heavy atom. The zero-order valence-electron chi connectivity index (χ0n) is 17.9. The van der Waals surface area contributed by atoms with Gasteiger partial charge in [0.05, 0.1) is 20.1 Å². The number of likely N-dealkylation sites (N-methyl/N-ethyl adjacent to an activating group) is 1. The van der Waals surface area contributed by atoms with Crippen molar-refractivity contribution in [2.24, 2.45) is 5.73 Å². The molecular formula is C25H25N3O3. The van der Waals surface area contributed by atoms with Gasteiger partial charge in [0, 0.05) is 37.4 Å². The maximum atomic E-state index is 9.85. The fourth-order valence-corrected chi connectivity index (χ4v) is 4.13. The Bertz CT molecular complexity index is 1110. The summed E-state index contributed by atoms with van der Waals surface area (Å²) in [6.07, 6.45) is 2.76. The minimum atomic E-state index is -0.262. The van der Waals surface area contributed by atoms with Crippen molar-refractivity contribution in [3.63, 3.8) is 0 Å². The van der Waals surface area contributed by atoms with Crippen molar-refractivity contribution in [3.8, 4) is 17.6 Å². The number of nitrogens with zero attached hydrogens (tertiary/aromatic N) is 2. The van der Waals surface area contributed by atoms with E-state index in [2.05, 4.69) is 17.2 Å². The summed E-state index contributed by atoms with van der Waals surface area (Å²) >= 11 is 0. The van der Waals surface area contributed by atoms with Gasteiger partial charge in [-0.2, -0.15) is 5.26 Å². The maximum absolute atomic E-state index is 9.85. The molecule has 2 aromatic carbocycles. The second-order valence-corrected chi connectivity index (χ2v) is 7.65. The normalized spacial score (nSPS) is 18.1. The van der Waals surface area contributed by atoms with Crippen molar-refractivity contribution in [1.29, 1.82) is 5.26 Å². The smallest absolute Gasteiger partial charge is 0.205 e. The number of allylic oxidation sites excluding steroid dienone is 2. The third kappa shape index (κ3) is 3.95. The fourth-order valence-electron chi connectivity index (χ4n) is 4.13. The molecule has 0 spiro atoms. The van der Waals surface area contributed by atoms with Crippen molar-refractivity contribution in [2.45, 2.75) is 12.3 Å². The third-order valence-electron chi connectivity index (χ3n) is 5.62. The van der Waals surface area contributed by atoms with E-state index in [1.54, 1.807) is 14.2 Å². The number of nitrogens with two attached hydrogens (primary N) is 1. The van der Waals surface area contributed by atoms with Gasteiger partial charge in [-0.15, -0.1) is 0 Å². The van der Waals surface area contributed by atoms with Crippen LogP contribution in [0.1, 0.15) is 17.0 Å². The molecule has 2 aliphatic heterocycles. The van der Waals surface area contributed by atoms with Gasteiger partial charge in [0.25, 0.3) is 0 Å². The minimum absolute atomic E-state index is 0.159. The second kappa shape index (κ2) is 8.49. The number of methoxy groups -OCH3 is 2. The molecule has 2 N–H and O–H groups in total. The molecule has 0 aliphatic carbocycles. The zero-order valence-corrected chi connectivity index (χ0v) is 17.9. The summed E-state index contributed by atoms with van der Waals surface area (Å²) in [4.78, 5) is 2.12. The maximum Gasteiger partial charge on any atom is 0.205 e. The first-order valence-corrected chi connectivity index (χ1v) is 10.0. The lowest BCUT2D eigenvalue weighted by atomic mass is 9.80. The molecule has 2 aromatic rings. The molecule has 1 atom stereocenters. The molecule has 0 bridgehead atoms. The van der Waals surface area contributed by atoms with Crippen LogP contribution in [0, 0.1) is 11.3 Å². The molecule has 0 fully saturated rings. The molecule has 0 radical (unpaired) electrons. The van der Waals surface area contributed by atoms with E-state index in [1.807, 2.05) is 55.6 Å². The molecular weight excluding hydrogens is 390 g/mol. The molecule has 0 aromatic heterocycles. The van der Waals surface area contributed by atoms with Gasteiger partial charge in [-0.25, -0.2) is 0 Å². The van der Waals surface area contributed by atoms with E-state index in [9.17, 15) is 5.26 Å². The van der Waals surface area contributed by atoms with E-state index in [-0.39, 0.29) is 11.8 Å². The summed E-state index contributed by atoms with van der Waals surface area (Å²) in [6, 6.07) is 18.0. The molecule has 0 unspecified atom stereocenters. The van der Waals surface area contributed by atoms with E-state index in [4.69, 9.17) is 19.9 Å². The topological polar surface area (TPSA) is 80.7 Å². The molecule has 31 heavy (non-hydrogen) atoms. The van der Waals surface area contributed by atoms with Crippen LogP contribution in [0.15, 0.2) is 83.1 Å². The van der Waals surface area contributed by atoms with Crippen LogP contribution in [0.4, 0.5) is 0 Å². The Balaban J connectivity index is 1.75. The van der Waals surface area contributed by atoms with Crippen molar-refractivity contribution >= 4 is 0 Å². The van der Waals surface area contributed by atoms with Crippen LogP contribution in [-0.4, -0.2) is 32.7 Å². The Morgan fingerprint density at radius 1 is 1.06 bits per heavy atom. The summed E-state index contributed by atoms with van der Waals surface area (Å²) in [5, 5.41) is 9.85. The Hall–Kier alpha value is -3.85. The first-order chi connectivity index (χ1) is 15.0. The van der Waals surface area contributed by atoms with Crippen LogP contribution in [0.25, 0.3) is 0 Å². The van der Waals surface area contributed by atoms with Crippen LogP contribution in [0.2, 0.25) is 0 Å². The van der Waals surface area contributed by atoms with Gasteiger partial charge in [0.1, 0.15) is 28.9 Å². The van der Waals surface area contributed by atoms with Crippen LogP contribution in [0.5, 0.6) is 11.5 Å². The van der Waals surface area contributed by atoms with E-state index in [0.717, 1.165) is 39.5 Å². The largest absolute Gasteiger partial charge is 0.497 e. The molecule has 0 saturated carbocycles. The Morgan fingerprint density at radius 2 is 1.68 bits per heavy atom. The van der Waals surface area contributed by atoms with Crippen molar-refractivity contribution in [2.75, 3.05) is 27.8 Å². The highest BCUT2D eigenvalue weighted by Gasteiger charge is 2.36. The highest BCUT2D eigenvalue weighted by atomic mass is 16.5. The predicted molar refractivity (Wildman–Crippen MR) is 118 cm³/mol. The van der Waals surface area contributed by atoms with Crippen molar-refractivity contribution in [3.05, 3.63) is 94.2 Å². The van der Waals surface area contributed by atoms with Gasteiger partial charge in [0.2, 0.25) is 5.88 Å². The minimum Gasteiger partial charge on any atom is -0.497 e. The van der Waals surface area contributed by atoms with Crippen LogP contribution >= 0.6 is 0 Å². The monoisotopic (exact) mass is 415 g/mol. The number of rotatable bonds is 5. The lowest BCUT2D eigenvalue weighted by molar-refractivity contribution is 0.270. The van der Waals surface area contributed by atoms with E-state index in [0.29, 0.717) is 18.5 Å². The first-order valence-electron chi connectivity index (χ1n) is 10.0. The van der Waals surface area contributed by atoms with Gasteiger partial charge in [-0.05, 0) is 35.4 Å². The lowest BCUT2D eigenvalue weighted by Gasteiger charge is -2.35. The molecule has 158 valence electrons. The Kier molecular flexibility index (Phi) is 5.59. The van der Waals surface area contributed by atoms with Crippen LogP contribution in [0.3, 0.4) is 0 Å². The summed E-state index contributed by atoms with van der Waals surface area (Å²) in [5.41, 5.74) is 10.8. The summed E-state index contributed by atoms with van der Waals surface area (Å²) < 4.78 is 16.6. The van der Waals surface area contributed by atoms with Gasteiger partial charge >= 0.3 is 0 Å². The molecule has 0 amide bonds. The Labute approximate surface area is 182 Å². The van der Waals surface area contributed by atoms with E-state index in [1.165, 1.54) is 0 Å². The van der Waals surface area contributed by atoms with E-state index >= 15 is 0 Å². The SMILES string of the molecule is COc1ccc(CC2=CN(C)CC3=C2OC(N)=C(C#N)[C@H]3c2ccc(OC)cc2)cc1. The molecule has 6 nitrogen and oxygen atoms in total. The van der Waals surface area contributed by atoms with E-state index < -0.39 is 0 Å². The molecule has 2 aliphatic rings. The van der Waals surface area contributed by atoms with Gasteiger partial charge < -0.3 is 24.8 Å². The summed E-state index contributed by atoms with van der Waals surface area (Å²) in [5.74, 6) is 2.24. The molecule has 4 rings (SSSR count). The molecule has 6 heteroatoms. The van der Waals surface area contributed by atoms with Crippen molar-refractivity contribution in [1.82, 2.24) is 4.90 Å². The zero-order chi connectivity index (χ0) is 22.0. The number of ether oxygens (including phenoxy) is 3. The number of benzene rings is 2. The second-order valence-electron chi connectivity index (χ2n) is 7.65. The van der Waals surface area contributed by atoms with Crippen molar-refractivity contribution < 1.29 is 14.2 Å². The third-order valence-corrected chi connectivity index (χ3v) is 5.62. The first kappa shape index (κ1) is 20.4.